The van der Waals surface area contributed by atoms with Gasteiger partial charge in [0.2, 0.25) is 0 Å². The molecule has 0 unspecified atom stereocenters. The maximum atomic E-state index is 12.7. The lowest BCUT2D eigenvalue weighted by Crippen LogP contribution is -2.30. The molecule has 0 aliphatic heterocycles. The van der Waals surface area contributed by atoms with Gasteiger partial charge in [-0.1, -0.05) is 202 Å². The van der Waals surface area contributed by atoms with Crippen LogP contribution in [0.1, 0.15) is 240 Å². The molecular formula is C45H86O6. The van der Waals surface area contributed by atoms with Gasteiger partial charge in [0.05, 0.1) is 0 Å². The highest BCUT2D eigenvalue weighted by atomic mass is 16.6. The normalized spacial score (nSPS) is 12.1. The summed E-state index contributed by atoms with van der Waals surface area (Å²) in [6, 6.07) is 0. The van der Waals surface area contributed by atoms with Crippen LogP contribution in [0, 0.1) is 11.8 Å². The molecule has 0 saturated carbocycles. The highest BCUT2D eigenvalue weighted by molar-refractivity contribution is 5.71. The minimum Gasteiger partial charge on any atom is -0.462 e. The van der Waals surface area contributed by atoms with Crippen LogP contribution in [0.3, 0.4) is 0 Å². The Balaban J connectivity index is 4.29. The summed E-state index contributed by atoms with van der Waals surface area (Å²) in [5.41, 5.74) is 0. The zero-order chi connectivity index (χ0) is 37.6. The molecule has 6 nitrogen and oxygen atoms in total. The van der Waals surface area contributed by atoms with Crippen molar-refractivity contribution >= 4 is 17.9 Å². The largest absolute Gasteiger partial charge is 0.462 e. The lowest BCUT2D eigenvalue weighted by molar-refractivity contribution is -0.167. The summed E-state index contributed by atoms with van der Waals surface area (Å²) in [5, 5.41) is 0. The third-order valence-corrected chi connectivity index (χ3v) is 9.97. The molecule has 51 heavy (non-hydrogen) atoms. The number of hydrogen-bond acceptors (Lipinski definition) is 6. The number of carbonyl (C=O) groups is 3. The molecule has 6 heteroatoms. The maximum Gasteiger partial charge on any atom is 0.306 e. The molecular weight excluding hydrogens is 636 g/mol. The summed E-state index contributed by atoms with van der Waals surface area (Å²) in [6.07, 6.45) is 35.3. The van der Waals surface area contributed by atoms with Crippen molar-refractivity contribution in [1.29, 1.82) is 0 Å². The second-order valence-corrected chi connectivity index (χ2v) is 16.3. The second kappa shape index (κ2) is 38.1. The number of rotatable bonds is 39. The van der Waals surface area contributed by atoms with Crippen LogP contribution >= 0.6 is 0 Å². The summed E-state index contributed by atoms with van der Waals surface area (Å²) in [7, 11) is 0. The third-order valence-electron chi connectivity index (χ3n) is 9.97. The fraction of sp³-hybridized carbons (Fsp3) is 0.933. The molecule has 0 aliphatic rings. The van der Waals surface area contributed by atoms with E-state index >= 15 is 0 Å². The molecule has 0 aromatic rings. The number of esters is 3. The zero-order valence-corrected chi connectivity index (χ0v) is 34.7. The van der Waals surface area contributed by atoms with Crippen LogP contribution in [0.4, 0.5) is 0 Å². The predicted octanol–water partition coefficient (Wildman–Crippen LogP) is 13.8. The Bertz CT molecular complexity index is 779. The van der Waals surface area contributed by atoms with Crippen LogP contribution in [0.15, 0.2) is 0 Å². The van der Waals surface area contributed by atoms with E-state index in [4.69, 9.17) is 14.2 Å². The number of ether oxygens (including phenoxy) is 3. The van der Waals surface area contributed by atoms with E-state index in [9.17, 15) is 14.4 Å². The molecule has 0 N–H and O–H groups in total. The van der Waals surface area contributed by atoms with Gasteiger partial charge in [0.1, 0.15) is 13.2 Å². The van der Waals surface area contributed by atoms with Crippen LogP contribution in [-0.2, 0) is 28.6 Å². The van der Waals surface area contributed by atoms with Gasteiger partial charge in [-0.2, -0.15) is 0 Å². The second-order valence-electron chi connectivity index (χ2n) is 16.3. The molecule has 0 heterocycles. The lowest BCUT2D eigenvalue weighted by Gasteiger charge is -2.18. The molecule has 1 atom stereocenters. The van der Waals surface area contributed by atoms with Crippen LogP contribution in [0.25, 0.3) is 0 Å². The summed E-state index contributed by atoms with van der Waals surface area (Å²) in [5.74, 6) is 0.768. The topological polar surface area (TPSA) is 78.9 Å². The highest BCUT2D eigenvalue weighted by Gasteiger charge is 2.19. The fourth-order valence-electron chi connectivity index (χ4n) is 6.58. The summed E-state index contributed by atoms with van der Waals surface area (Å²) in [4.78, 5) is 37.5. The Morgan fingerprint density at radius 2 is 0.647 bits per heavy atom. The maximum absolute atomic E-state index is 12.7. The van der Waals surface area contributed by atoms with Gasteiger partial charge < -0.3 is 14.2 Å². The van der Waals surface area contributed by atoms with E-state index in [2.05, 4.69) is 34.6 Å². The number of carbonyl (C=O) groups excluding carboxylic acids is 3. The minimum absolute atomic E-state index is 0.0657. The van der Waals surface area contributed by atoms with E-state index in [1.165, 1.54) is 128 Å². The molecule has 0 amide bonds. The van der Waals surface area contributed by atoms with Gasteiger partial charge in [-0.15, -0.1) is 0 Å². The molecule has 0 aromatic heterocycles. The van der Waals surface area contributed by atoms with Gasteiger partial charge in [-0.3, -0.25) is 14.4 Å². The van der Waals surface area contributed by atoms with Crippen molar-refractivity contribution in [3.8, 4) is 0 Å². The van der Waals surface area contributed by atoms with E-state index in [1.54, 1.807) is 0 Å². The van der Waals surface area contributed by atoms with Crippen molar-refractivity contribution in [2.75, 3.05) is 13.2 Å². The van der Waals surface area contributed by atoms with Crippen molar-refractivity contribution in [1.82, 2.24) is 0 Å². The van der Waals surface area contributed by atoms with Crippen LogP contribution in [0.5, 0.6) is 0 Å². The SMILES string of the molecule is CCCCCCCCCC(=O)OC[C@@H](COC(=O)CCCCCCCCCCCC(C)C)OC(=O)CCCCCCCCCCCCCC(C)C. The molecule has 0 aromatic carbocycles. The van der Waals surface area contributed by atoms with Crippen molar-refractivity contribution in [3.05, 3.63) is 0 Å². The first-order chi connectivity index (χ1) is 24.7. The quantitative estimate of drug-likeness (QED) is 0.0357. The molecule has 0 spiro atoms. The number of unbranched alkanes of at least 4 members (excludes halogenated alkanes) is 24. The van der Waals surface area contributed by atoms with Crippen LogP contribution in [-0.4, -0.2) is 37.2 Å². The van der Waals surface area contributed by atoms with Crippen molar-refractivity contribution in [2.45, 2.75) is 246 Å². The van der Waals surface area contributed by atoms with Gasteiger partial charge in [-0.25, -0.2) is 0 Å². The molecule has 302 valence electrons. The van der Waals surface area contributed by atoms with E-state index < -0.39 is 6.10 Å². The van der Waals surface area contributed by atoms with Gasteiger partial charge in [-0.05, 0) is 31.1 Å². The minimum atomic E-state index is -0.759. The first-order valence-electron chi connectivity index (χ1n) is 22.2. The summed E-state index contributed by atoms with van der Waals surface area (Å²) >= 11 is 0. The lowest BCUT2D eigenvalue weighted by atomic mass is 10.0. The molecule has 0 radical (unpaired) electrons. The van der Waals surface area contributed by atoms with Crippen LogP contribution < -0.4 is 0 Å². The van der Waals surface area contributed by atoms with Gasteiger partial charge >= 0.3 is 17.9 Å². The van der Waals surface area contributed by atoms with Gasteiger partial charge in [0.15, 0.2) is 6.10 Å². The Morgan fingerprint density at radius 3 is 0.961 bits per heavy atom. The smallest absolute Gasteiger partial charge is 0.306 e. The molecule has 0 aliphatic carbocycles. The van der Waals surface area contributed by atoms with Crippen molar-refractivity contribution < 1.29 is 28.6 Å². The molecule has 0 rings (SSSR count). The summed E-state index contributed by atoms with van der Waals surface area (Å²) in [6.45, 7) is 11.3. The third kappa shape index (κ3) is 39.5. The van der Waals surface area contributed by atoms with E-state index in [0.717, 1.165) is 69.6 Å². The average molecular weight is 723 g/mol. The van der Waals surface area contributed by atoms with E-state index in [0.29, 0.717) is 19.3 Å². The fourth-order valence-corrected chi connectivity index (χ4v) is 6.58. The van der Waals surface area contributed by atoms with Crippen molar-refractivity contribution in [2.24, 2.45) is 11.8 Å². The summed E-state index contributed by atoms with van der Waals surface area (Å²) < 4.78 is 16.6. The first kappa shape index (κ1) is 49.4. The average Bonchev–Trinajstić information content (AvgIpc) is 3.09. The predicted molar refractivity (Wildman–Crippen MR) is 215 cm³/mol. The Kier molecular flexibility index (Phi) is 37.0. The van der Waals surface area contributed by atoms with Crippen molar-refractivity contribution in [3.63, 3.8) is 0 Å². The zero-order valence-electron chi connectivity index (χ0n) is 34.7. The molecule has 0 bridgehead atoms. The Morgan fingerprint density at radius 1 is 0.373 bits per heavy atom. The van der Waals surface area contributed by atoms with Gasteiger partial charge in [0, 0.05) is 19.3 Å². The van der Waals surface area contributed by atoms with E-state index in [1.807, 2.05) is 0 Å². The van der Waals surface area contributed by atoms with Gasteiger partial charge in [0.25, 0.3) is 0 Å². The first-order valence-corrected chi connectivity index (χ1v) is 22.2. The monoisotopic (exact) mass is 723 g/mol. The Labute approximate surface area is 317 Å². The standard InChI is InChI=1S/C45H86O6/c1-6-7-8-9-18-25-30-35-43(46)49-38-42(39-50-44(47)36-31-26-21-17-13-15-20-24-29-34-41(4)5)51-45(48)37-32-27-22-16-12-10-11-14-19-23-28-33-40(2)3/h40-42H,6-39H2,1-5H3/t42-/m0/s1. The van der Waals surface area contributed by atoms with E-state index in [-0.39, 0.29) is 31.1 Å². The number of hydrogen-bond donors (Lipinski definition) is 0. The molecule has 0 saturated heterocycles. The van der Waals surface area contributed by atoms with Crippen LogP contribution in [0.2, 0.25) is 0 Å². The Hall–Kier alpha value is -1.59. The molecule has 0 fully saturated rings. The highest BCUT2D eigenvalue weighted by Crippen LogP contribution is 2.16.